The zero-order chi connectivity index (χ0) is 17.3. The second kappa shape index (κ2) is 6.77. The van der Waals surface area contributed by atoms with E-state index in [1.165, 1.54) is 11.1 Å². The van der Waals surface area contributed by atoms with Crippen LogP contribution in [-0.4, -0.2) is 40.2 Å². The van der Waals surface area contributed by atoms with Crippen molar-refractivity contribution in [2.24, 2.45) is 7.05 Å². The molecule has 2 aromatic rings. The lowest BCUT2D eigenvalue weighted by Crippen LogP contribution is -2.41. The van der Waals surface area contributed by atoms with Gasteiger partial charge in [-0.25, -0.2) is 0 Å². The summed E-state index contributed by atoms with van der Waals surface area (Å²) >= 11 is 0. The average Bonchev–Trinajstić information content (AvgIpc) is 3.14. The summed E-state index contributed by atoms with van der Waals surface area (Å²) in [6.45, 7) is 5.08. The topological polar surface area (TPSA) is 50.2 Å². The maximum absolute atomic E-state index is 13.1. The zero-order valence-electron chi connectivity index (χ0n) is 14.9. The smallest absolute Gasteiger partial charge is 0.244 e. The molecule has 0 radical (unpaired) electrons. The number of amides is 1. The highest BCUT2D eigenvalue weighted by molar-refractivity contribution is 5.83. The molecule has 1 N–H and O–H groups in total. The van der Waals surface area contributed by atoms with E-state index in [-0.39, 0.29) is 18.0 Å². The van der Waals surface area contributed by atoms with Gasteiger partial charge in [-0.15, -0.1) is 0 Å². The average molecular weight is 326 g/mol. The highest BCUT2D eigenvalue weighted by Crippen LogP contribution is 2.34. The molecule has 3 unspecified atom stereocenters. The number of likely N-dealkylation sites (N-methyl/N-ethyl adjacent to an activating group) is 1. The number of benzene rings is 1. The van der Waals surface area contributed by atoms with Gasteiger partial charge in [0.2, 0.25) is 5.91 Å². The van der Waals surface area contributed by atoms with Crippen molar-refractivity contribution in [1.82, 2.24) is 20.0 Å². The molecule has 1 aromatic heterocycles. The molecule has 1 fully saturated rings. The summed E-state index contributed by atoms with van der Waals surface area (Å²) in [7, 11) is 3.70. The standard InChI is InChI=1S/C19H26N4O/c1-13-7-5-6-8-17(13)15-9-14(2)23(12-15)19(24)18(20-3)16-10-21-22(4)11-16/h5-8,10-11,14-15,18,20H,9,12H2,1-4H3. The third-order valence-electron chi connectivity index (χ3n) is 5.08. The molecule has 2 heterocycles. The quantitative estimate of drug-likeness (QED) is 0.938. The number of aryl methyl sites for hydroxylation is 2. The van der Waals surface area contributed by atoms with E-state index in [1.807, 2.05) is 25.2 Å². The number of aromatic nitrogens is 2. The lowest BCUT2D eigenvalue weighted by molar-refractivity contribution is -0.134. The molecule has 0 spiro atoms. The Kier molecular flexibility index (Phi) is 4.71. The minimum Gasteiger partial charge on any atom is -0.338 e. The van der Waals surface area contributed by atoms with Crippen LogP contribution in [0.1, 0.15) is 42.0 Å². The molecular formula is C19H26N4O. The Labute approximate surface area is 143 Å². The van der Waals surface area contributed by atoms with Gasteiger partial charge in [0, 0.05) is 37.3 Å². The van der Waals surface area contributed by atoms with Crippen LogP contribution in [0.15, 0.2) is 36.7 Å². The molecule has 24 heavy (non-hydrogen) atoms. The van der Waals surface area contributed by atoms with Gasteiger partial charge in [0.1, 0.15) is 6.04 Å². The fourth-order valence-corrected chi connectivity index (χ4v) is 3.80. The summed E-state index contributed by atoms with van der Waals surface area (Å²) in [6.07, 6.45) is 4.68. The maximum Gasteiger partial charge on any atom is 0.244 e. The summed E-state index contributed by atoms with van der Waals surface area (Å²) in [5, 5.41) is 7.34. The van der Waals surface area contributed by atoms with Crippen molar-refractivity contribution in [2.45, 2.75) is 38.3 Å². The van der Waals surface area contributed by atoms with Gasteiger partial charge in [-0.3, -0.25) is 9.48 Å². The lowest BCUT2D eigenvalue weighted by Gasteiger charge is -2.26. The highest BCUT2D eigenvalue weighted by Gasteiger charge is 2.37. The molecule has 5 heteroatoms. The fraction of sp³-hybridized carbons (Fsp3) is 0.474. The molecule has 1 aromatic carbocycles. The normalized spacial score (nSPS) is 21.9. The van der Waals surface area contributed by atoms with Gasteiger partial charge in [0.25, 0.3) is 0 Å². The maximum atomic E-state index is 13.1. The molecule has 0 aliphatic carbocycles. The van der Waals surface area contributed by atoms with Gasteiger partial charge < -0.3 is 10.2 Å². The van der Waals surface area contributed by atoms with E-state index >= 15 is 0 Å². The van der Waals surface area contributed by atoms with Gasteiger partial charge in [-0.2, -0.15) is 5.10 Å². The summed E-state index contributed by atoms with van der Waals surface area (Å²) in [6, 6.07) is 8.41. The summed E-state index contributed by atoms with van der Waals surface area (Å²) in [4.78, 5) is 15.1. The molecule has 1 aliphatic rings. The van der Waals surface area contributed by atoms with Gasteiger partial charge in [0.05, 0.1) is 6.20 Å². The van der Waals surface area contributed by atoms with Crippen molar-refractivity contribution in [3.8, 4) is 0 Å². The van der Waals surface area contributed by atoms with Gasteiger partial charge in [0.15, 0.2) is 0 Å². The van der Waals surface area contributed by atoms with Crippen molar-refractivity contribution in [1.29, 1.82) is 0 Å². The van der Waals surface area contributed by atoms with E-state index in [0.29, 0.717) is 5.92 Å². The second-order valence-electron chi connectivity index (χ2n) is 6.80. The van der Waals surface area contributed by atoms with Crippen LogP contribution in [0, 0.1) is 6.92 Å². The first-order valence-corrected chi connectivity index (χ1v) is 8.53. The van der Waals surface area contributed by atoms with Crippen LogP contribution in [0.5, 0.6) is 0 Å². The molecule has 128 valence electrons. The highest BCUT2D eigenvalue weighted by atomic mass is 16.2. The van der Waals surface area contributed by atoms with Gasteiger partial charge in [-0.1, -0.05) is 24.3 Å². The van der Waals surface area contributed by atoms with Crippen molar-refractivity contribution in [3.63, 3.8) is 0 Å². The first-order chi connectivity index (χ1) is 11.5. The zero-order valence-corrected chi connectivity index (χ0v) is 14.9. The Morgan fingerprint density at radius 2 is 2.12 bits per heavy atom. The Bertz CT molecular complexity index is 724. The number of nitrogens with one attached hydrogen (secondary N) is 1. The first kappa shape index (κ1) is 16.7. The van der Waals surface area contributed by atoms with Crippen LogP contribution in [0.2, 0.25) is 0 Å². The third-order valence-corrected chi connectivity index (χ3v) is 5.08. The SMILES string of the molecule is CNC(C(=O)N1CC(c2ccccc2C)CC1C)c1cnn(C)c1. The minimum atomic E-state index is -0.336. The molecule has 0 saturated carbocycles. The first-order valence-electron chi connectivity index (χ1n) is 8.53. The van der Waals surface area contributed by atoms with Gasteiger partial charge in [-0.05, 0) is 38.4 Å². The van der Waals surface area contributed by atoms with E-state index in [4.69, 9.17) is 0 Å². The Hall–Kier alpha value is -2.14. The van der Waals surface area contributed by atoms with Crippen LogP contribution in [0.25, 0.3) is 0 Å². The van der Waals surface area contributed by atoms with Crippen LogP contribution >= 0.6 is 0 Å². The number of rotatable bonds is 4. The molecule has 5 nitrogen and oxygen atoms in total. The lowest BCUT2D eigenvalue weighted by atomic mass is 9.93. The number of nitrogens with zero attached hydrogens (tertiary/aromatic N) is 3. The van der Waals surface area contributed by atoms with Crippen molar-refractivity contribution >= 4 is 5.91 Å². The number of hydrogen-bond acceptors (Lipinski definition) is 3. The monoisotopic (exact) mass is 326 g/mol. The molecular weight excluding hydrogens is 300 g/mol. The second-order valence-corrected chi connectivity index (χ2v) is 6.80. The van der Waals surface area contributed by atoms with E-state index < -0.39 is 0 Å². The van der Waals surface area contributed by atoms with E-state index in [1.54, 1.807) is 10.9 Å². The summed E-state index contributed by atoms with van der Waals surface area (Å²) < 4.78 is 1.73. The minimum absolute atomic E-state index is 0.133. The Balaban J connectivity index is 1.79. The molecule has 3 atom stereocenters. The number of carbonyl (C=O) groups excluding carboxylic acids is 1. The molecule has 1 saturated heterocycles. The Morgan fingerprint density at radius 3 is 2.75 bits per heavy atom. The summed E-state index contributed by atoms with van der Waals surface area (Å²) in [5.74, 6) is 0.547. The van der Waals surface area contributed by atoms with E-state index in [9.17, 15) is 4.79 Å². The molecule has 0 bridgehead atoms. The molecule has 3 rings (SSSR count). The van der Waals surface area contributed by atoms with Crippen LogP contribution < -0.4 is 5.32 Å². The predicted molar refractivity (Wildman–Crippen MR) is 94.7 cm³/mol. The number of carbonyl (C=O) groups is 1. The van der Waals surface area contributed by atoms with Crippen LogP contribution in [-0.2, 0) is 11.8 Å². The third kappa shape index (κ3) is 3.08. The van der Waals surface area contributed by atoms with Crippen molar-refractivity contribution in [3.05, 3.63) is 53.3 Å². The fourth-order valence-electron chi connectivity index (χ4n) is 3.80. The number of likely N-dealkylation sites (tertiary alicyclic amines) is 1. The van der Waals surface area contributed by atoms with Crippen LogP contribution in [0.4, 0.5) is 0 Å². The van der Waals surface area contributed by atoms with Crippen LogP contribution in [0.3, 0.4) is 0 Å². The molecule has 1 aliphatic heterocycles. The van der Waals surface area contributed by atoms with E-state index in [2.05, 4.69) is 48.5 Å². The largest absolute Gasteiger partial charge is 0.338 e. The predicted octanol–water partition coefficient (Wildman–Crippen LogP) is 2.39. The van der Waals surface area contributed by atoms with Gasteiger partial charge >= 0.3 is 0 Å². The molecule has 1 amide bonds. The summed E-state index contributed by atoms with van der Waals surface area (Å²) in [5.41, 5.74) is 3.58. The number of hydrogen-bond donors (Lipinski definition) is 1. The van der Waals surface area contributed by atoms with Crippen molar-refractivity contribution in [2.75, 3.05) is 13.6 Å². The Morgan fingerprint density at radius 1 is 1.38 bits per heavy atom. The van der Waals surface area contributed by atoms with E-state index in [0.717, 1.165) is 18.5 Å². The van der Waals surface area contributed by atoms with Crippen molar-refractivity contribution < 1.29 is 4.79 Å².